The third kappa shape index (κ3) is 4.15. The van der Waals surface area contributed by atoms with Crippen LogP contribution in [0.1, 0.15) is 31.4 Å². The minimum absolute atomic E-state index is 0.132. The first kappa shape index (κ1) is 16.2. The lowest BCUT2D eigenvalue weighted by Crippen LogP contribution is -2.22. The van der Waals surface area contributed by atoms with Crippen molar-refractivity contribution in [3.8, 4) is 5.75 Å². The molecule has 0 saturated carbocycles. The summed E-state index contributed by atoms with van der Waals surface area (Å²) in [7, 11) is 0. The second-order valence-electron chi connectivity index (χ2n) is 5.14. The number of rotatable bonds is 5. The van der Waals surface area contributed by atoms with Crippen molar-refractivity contribution in [2.45, 2.75) is 25.9 Å². The van der Waals surface area contributed by atoms with Crippen LogP contribution in [0.15, 0.2) is 16.6 Å². The molecule has 1 aromatic rings. The molecule has 21 heavy (non-hydrogen) atoms. The number of nitro benzene ring substituents is 1. The van der Waals surface area contributed by atoms with E-state index < -0.39 is 11.0 Å². The molecule has 1 aromatic carbocycles. The third-order valence-corrected chi connectivity index (χ3v) is 3.97. The molecule has 0 unspecified atom stereocenters. The van der Waals surface area contributed by atoms with Gasteiger partial charge in [-0.25, -0.2) is 0 Å². The summed E-state index contributed by atoms with van der Waals surface area (Å²) < 4.78 is 11.5. The smallest absolute Gasteiger partial charge is 0.312 e. The fourth-order valence-electron chi connectivity index (χ4n) is 2.32. The molecule has 1 heterocycles. The Bertz CT molecular complexity index is 514. The maximum absolute atomic E-state index is 11.2. The Morgan fingerprint density at radius 2 is 2.19 bits per heavy atom. The Kier molecular flexibility index (Phi) is 5.55. The van der Waals surface area contributed by atoms with Crippen LogP contribution in [0, 0.1) is 16.0 Å². The molecule has 1 fully saturated rings. The van der Waals surface area contributed by atoms with Crippen molar-refractivity contribution < 1.29 is 19.5 Å². The lowest BCUT2D eigenvalue weighted by atomic mass is 10.0. The van der Waals surface area contributed by atoms with Crippen LogP contribution >= 0.6 is 15.9 Å². The zero-order valence-corrected chi connectivity index (χ0v) is 13.3. The first-order valence-electron chi connectivity index (χ1n) is 6.85. The van der Waals surface area contributed by atoms with Crippen molar-refractivity contribution in [2.75, 3.05) is 19.8 Å². The van der Waals surface area contributed by atoms with Gasteiger partial charge in [0.1, 0.15) is 0 Å². The fraction of sp³-hybridized carbons (Fsp3) is 0.571. The average Bonchev–Trinajstić information content (AvgIpc) is 2.46. The molecule has 0 spiro atoms. The summed E-state index contributed by atoms with van der Waals surface area (Å²) in [5.41, 5.74) is 0.287. The van der Waals surface area contributed by atoms with Crippen LogP contribution in [-0.4, -0.2) is 29.9 Å². The molecule has 2 rings (SSSR count). The van der Waals surface area contributed by atoms with Crippen molar-refractivity contribution in [2.24, 2.45) is 5.92 Å². The van der Waals surface area contributed by atoms with Gasteiger partial charge in [-0.3, -0.25) is 10.1 Å². The zero-order chi connectivity index (χ0) is 15.4. The summed E-state index contributed by atoms with van der Waals surface area (Å²) in [5, 5.41) is 21.0. The molecule has 1 N–H and O–H groups in total. The van der Waals surface area contributed by atoms with Crippen LogP contribution < -0.4 is 4.74 Å². The summed E-state index contributed by atoms with van der Waals surface area (Å²) in [6.07, 6.45) is 0.925. The molecule has 7 heteroatoms. The normalized spacial score (nSPS) is 17.5. The number of ether oxygens (including phenoxy) is 2. The maximum atomic E-state index is 11.2. The van der Waals surface area contributed by atoms with Gasteiger partial charge in [0.15, 0.2) is 0 Å². The lowest BCUT2D eigenvalue weighted by molar-refractivity contribution is -0.386. The number of nitro groups is 1. The molecular formula is C14H18BrNO5. The second-order valence-corrected chi connectivity index (χ2v) is 6.06. The van der Waals surface area contributed by atoms with Crippen LogP contribution in [0.4, 0.5) is 5.69 Å². The number of hydrogen-bond donors (Lipinski definition) is 1. The van der Waals surface area contributed by atoms with E-state index in [-0.39, 0.29) is 11.4 Å². The topological polar surface area (TPSA) is 81.8 Å². The highest BCUT2D eigenvalue weighted by atomic mass is 79.9. The van der Waals surface area contributed by atoms with Gasteiger partial charge in [0.25, 0.3) is 0 Å². The Hall–Kier alpha value is -1.18. The van der Waals surface area contributed by atoms with Crippen molar-refractivity contribution in [1.29, 1.82) is 0 Å². The summed E-state index contributed by atoms with van der Waals surface area (Å²) >= 11 is 3.22. The minimum atomic E-state index is -0.842. The van der Waals surface area contributed by atoms with Gasteiger partial charge in [0.2, 0.25) is 5.75 Å². The summed E-state index contributed by atoms with van der Waals surface area (Å²) in [4.78, 5) is 10.7. The predicted molar refractivity (Wildman–Crippen MR) is 80.5 cm³/mol. The summed E-state index contributed by atoms with van der Waals surface area (Å²) in [6, 6.07) is 3.04. The molecule has 1 aliphatic rings. The highest BCUT2D eigenvalue weighted by Crippen LogP contribution is 2.38. The molecule has 116 valence electrons. The fourth-order valence-corrected chi connectivity index (χ4v) is 2.78. The number of halogens is 1. The van der Waals surface area contributed by atoms with E-state index in [1.165, 1.54) is 6.07 Å². The van der Waals surface area contributed by atoms with Gasteiger partial charge in [-0.2, -0.15) is 0 Å². The molecule has 6 nitrogen and oxygen atoms in total. The van der Waals surface area contributed by atoms with E-state index in [2.05, 4.69) is 15.9 Å². The zero-order valence-electron chi connectivity index (χ0n) is 11.8. The van der Waals surface area contributed by atoms with Gasteiger partial charge in [0.05, 0.1) is 17.6 Å². The van der Waals surface area contributed by atoms with Gasteiger partial charge >= 0.3 is 5.69 Å². The number of hydrogen-bond acceptors (Lipinski definition) is 5. The van der Waals surface area contributed by atoms with Crippen molar-refractivity contribution >= 4 is 21.6 Å². The number of benzene rings is 1. The molecule has 0 aliphatic carbocycles. The van der Waals surface area contributed by atoms with Crippen molar-refractivity contribution in [3.05, 3.63) is 32.3 Å². The number of nitrogens with zero attached hydrogens (tertiary/aromatic N) is 1. The summed E-state index contributed by atoms with van der Waals surface area (Å²) in [6.45, 7) is 3.35. The lowest BCUT2D eigenvalue weighted by Gasteiger charge is -2.23. The van der Waals surface area contributed by atoms with Gasteiger partial charge < -0.3 is 14.6 Å². The maximum Gasteiger partial charge on any atom is 0.312 e. The SMILES string of the molecule is C[C@@H](O)c1cc(Br)cc([N+](=O)[O-])c1OCC1CCOCC1. The first-order valence-corrected chi connectivity index (χ1v) is 7.64. The van der Waals surface area contributed by atoms with Gasteiger partial charge in [-0.15, -0.1) is 0 Å². The third-order valence-electron chi connectivity index (χ3n) is 3.51. The van der Waals surface area contributed by atoms with Crippen LogP contribution in [0.3, 0.4) is 0 Å². The largest absolute Gasteiger partial charge is 0.486 e. The number of aliphatic hydroxyl groups is 1. The Morgan fingerprint density at radius 3 is 2.76 bits per heavy atom. The van der Waals surface area contributed by atoms with E-state index in [0.717, 1.165) is 12.8 Å². The van der Waals surface area contributed by atoms with Crippen LogP contribution in [0.5, 0.6) is 5.75 Å². The van der Waals surface area contributed by atoms with Crippen molar-refractivity contribution in [3.63, 3.8) is 0 Å². The highest BCUT2D eigenvalue weighted by Gasteiger charge is 2.25. The summed E-state index contributed by atoms with van der Waals surface area (Å²) in [5.74, 6) is 0.480. The Balaban J connectivity index is 2.24. The molecule has 0 bridgehead atoms. The Labute approximate surface area is 131 Å². The van der Waals surface area contributed by atoms with Gasteiger partial charge in [-0.05, 0) is 31.7 Å². The molecule has 0 aromatic heterocycles. The van der Waals surface area contributed by atoms with E-state index in [4.69, 9.17) is 9.47 Å². The molecular weight excluding hydrogens is 342 g/mol. The van der Waals surface area contributed by atoms with E-state index in [0.29, 0.717) is 35.8 Å². The van der Waals surface area contributed by atoms with Crippen LogP contribution in [0.25, 0.3) is 0 Å². The highest BCUT2D eigenvalue weighted by molar-refractivity contribution is 9.10. The van der Waals surface area contributed by atoms with E-state index >= 15 is 0 Å². The predicted octanol–water partition coefficient (Wildman–Crippen LogP) is 3.22. The van der Waals surface area contributed by atoms with E-state index in [9.17, 15) is 15.2 Å². The van der Waals surface area contributed by atoms with Crippen molar-refractivity contribution in [1.82, 2.24) is 0 Å². The molecule has 0 radical (unpaired) electrons. The molecule has 1 atom stereocenters. The minimum Gasteiger partial charge on any atom is -0.486 e. The monoisotopic (exact) mass is 359 g/mol. The van der Waals surface area contributed by atoms with Crippen LogP contribution in [-0.2, 0) is 4.74 Å². The Morgan fingerprint density at radius 1 is 1.52 bits per heavy atom. The van der Waals surface area contributed by atoms with Crippen LogP contribution in [0.2, 0.25) is 0 Å². The molecule has 0 amide bonds. The number of aliphatic hydroxyl groups excluding tert-OH is 1. The van der Waals surface area contributed by atoms with Gasteiger partial charge in [0, 0.05) is 29.3 Å². The molecule has 1 saturated heterocycles. The van der Waals surface area contributed by atoms with E-state index in [1.54, 1.807) is 13.0 Å². The average molecular weight is 360 g/mol. The quantitative estimate of drug-likeness (QED) is 0.644. The second kappa shape index (κ2) is 7.20. The standard InChI is InChI=1S/C14H18BrNO5/c1-9(17)12-6-11(15)7-13(16(18)19)14(12)21-8-10-2-4-20-5-3-10/h6-7,9-10,17H,2-5,8H2,1H3/t9-/m1/s1. The van der Waals surface area contributed by atoms with E-state index in [1.807, 2.05) is 0 Å². The first-order chi connectivity index (χ1) is 9.99. The molecule has 1 aliphatic heterocycles. The van der Waals surface area contributed by atoms with Gasteiger partial charge in [-0.1, -0.05) is 15.9 Å².